The number of carbonyl (C=O) groups excluding carboxylic acids is 2. The van der Waals surface area contributed by atoms with Gasteiger partial charge >= 0.3 is 0 Å². The van der Waals surface area contributed by atoms with Crippen molar-refractivity contribution in [3.05, 3.63) is 65.5 Å². The van der Waals surface area contributed by atoms with Crippen molar-refractivity contribution < 1.29 is 14.0 Å². The van der Waals surface area contributed by atoms with Crippen molar-refractivity contribution >= 4 is 17.5 Å². The lowest BCUT2D eigenvalue weighted by Gasteiger charge is -2.07. The maximum Gasteiger partial charge on any atom is 0.243 e. The SMILES string of the molecule is Cc1cccc(NC(=O)CNC(=O)Cc2cccc(F)c2)c1. The minimum Gasteiger partial charge on any atom is -0.347 e. The Morgan fingerprint density at radius 1 is 1.05 bits per heavy atom. The summed E-state index contributed by atoms with van der Waals surface area (Å²) in [5.74, 6) is -1.02. The fraction of sp³-hybridized carbons (Fsp3) is 0.176. The zero-order valence-corrected chi connectivity index (χ0v) is 12.2. The molecule has 22 heavy (non-hydrogen) atoms. The Morgan fingerprint density at radius 3 is 2.55 bits per heavy atom. The molecule has 0 saturated heterocycles. The largest absolute Gasteiger partial charge is 0.347 e. The zero-order chi connectivity index (χ0) is 15.9. The van der Waals surface area contributed by atoms with E-state index in [4.69, 9.17) is 0 Å². The van der Waals surface area contributed by atoms with Crippen LogP contribution in [0.5, 0.6) is 0 Å². The first-order valence-electron chi connectivity index (χ1n) is 6.90. The van der Waals surface area contributed by atoms with Gasteiger partial charge in [-0.05, 0) is 42.3 Å². The summed E-state index contributed by atoms with van der Waals surface area (Å²) in [6.45, 7) is 1.80. The number of halogens is 1. The molecule has 0 unspecified atom stereocenters. The highest BCUT2D eigenvalue weighted by Gasteiger charge is 2.07. The molecule has 2 N–H and O–H groups in total. The first-order valence-corrected chi connectivity index (χ1v) is 6.90. The van der Waals surface area contributed by atoms with Crippen LogP contribution in [0, 0.1) is 12.7 Å². The second-order valence-corrected chi connectivity index (χ2v) is 5.00. The van der Waals surface area contributed by atoms with Gasteiger partial charge in [0.05, 0.1) is 13.0 Å². The average molecular weight is 300 g/mol. The Hall–Kier alpha value is -2.69. The fourth-order valence-corrected chi connectivity index (χ4v) is 2.00. The molecular formula is C17H17FN2O2. The van der Waals surface area contributed by atoms with E-state index in [1.165, 1.54) is 12.1 Å². The minimum absolute atomic E-state index is 0.0372. The molecule has 2 rings (SSSR count). The van der Waals surface area contributed by atoms with Crippen molar-refractivity contribution in [3.8, 4) is 0 Å². The fourth-order valence-electron chi connectivity index (χ4n) is 2.00. The van der Waals surface area contributed by atoms with Crippen molar-refractivity contribution in [1.29, 1.82) is 0 Å². The Labute approximate surface area is 128 Å². The second kappa shape index (κ2) is 7.36. The van der Waals surface area contributed by atoms with Crippen LogP contribution in [0.1, 0.15) is 11.1 Å². The highest BCUT2D eigenvalue weighted by Crippen LogP contribution is 2.09. The van der Waals surface area contributed by atoms with Crippen molar-refractivity contribution in [1.82, 2.24) is 5.32 Å². The van der Waals surface area contributed by atoms with Crippen molar-refractivity contribution in [2.45, 2.75) is 13.3 Å². The van der Waals surface area contributed by atoms with Gasteiger partial charge in [-0.25, -0.2) is 4.39 Å². The minimum atomic E-state index is -0.387. The van der Waals surface area contributed by atoms with Crippen LogP contribution < -0.4 is 10.6 Å². The molecular weight excluding hydrogens is 283 g/mol. The predicted octanol–water partition coefficient (Wildman–Crippen LogP) is 2.43. The molecule has 0 aliphatic rings. The number of rotatable bonds is 5. The van der Waals surface area contributed by atoms with Crippen molar-refractivity contribution in [2.75, 3.05) is 11.9 Å². The van der Waals surface area contributed by atoms with E-state index in [9.17, 15) is 14.0 Å². The summed E-state index contributed by atoms with van der Waals surface area (Å²) in [5.41, 5.74) is 2.29. The van der Waals surface area contributed by atoms with E-state index in [2.05, 4.69) is 10.6 Å². The van der Waals surface area contributed by atoms with Crippen LogP contribution in [0.3, 0.4) is 0 Å². The molecule has 2 aromatic carbocycles. The molecule has 4 nitrogen and oxygen atoms in total. The number of anilines is 1. The number of nitrogens with one attached hydrogen (secondary N) is 2. The lowest BCUT2D eigenvalue weighted by molar-refractivity contribution is -0.123. The number of benzene rings is 2. The monoisotopic (exact) mass is 300 g/mol. The molecule has 0 aromatic heterocycles. The Morgan fingerprint density at radius 2 is 1.82 bits per heavy atom. The molecule has 0 atom stereocenters. The molecule has 0 radical (unpaired) electrons. The summed E-state index contributed by atoms with van der Waals surface area (Å²) in [4.78, 5) is 23.5. The van der Waals surface area contributed by atoms with Gasteiger partial charge in [-0.2, -0.15) is 0 Å². The van der Waals surface area contributed by atoms with E-state index in [1.54, 1.807) is 18.2 Å². The quantitative estimate of drug-likeness (QED) is 0.891. The molecule has 0 saturated carbocycles. The molecule has 0 aliphatic carbocycles. The Bertz CT molecular complexity index is 626. The smallest absolute Gasteiger partial charge is 0.243 e. The topological polar surface area (TPSA) is 58.2 Å². The lowest BCUT2D eigenvalue weighted by Crippen LogP contribution is -2.33. The predicted molar refractivity (Wildman–Crippen MR) is 82.9 cm³/mol. The Balaban J connectivity index is 1.79. The van der Waals surface area contributed by atoms with E-state index in [0.717, 1.165) is 5.56 Å². The van der Waals surface area contributed by atoms with Crippen molar-refractivity contribution in [2.24, 2.45) is 0 Å². The number of aryl methyl sites for hydroxylation is 1. The molecule has 0 aliphatic heterocycles. The maximum atomic E-state index is 13.0. The summed E-state index contributed by atoms with van der Waals surface area (Å²) in [5, 5.41) is 5.21. The number of carbonyl (C=O) groups is 2. The zero-order valence-electron chi connectivity index (χ0n) is 12.2. The maximum absolute atomic E-state index is 13.0. The average Bonchev–Trinajstić information content (AvgIpc) is 2.45. The van der Waals surface area contributed by atoms with Crippen LogP contribution in [0.15, 0.2) is 48.5 Å². The van der Waals surface area contributed by atoms with E-state index in [1.807, 2.05) is 25.1 Å². The van der Waals surface area contributed by atoms with E-state index in [-0.39, 0.29) is 30.6 Å². The molecule has 0 spiro atoms. The van der Waals surface area contributed by atoms with E-state index < -0.39 is 0 Å². The molecule has 2 amide bonds. The van der Waals surface area contributed by atoms with Gasteiger partial charge in [0.2, 0.25) is 11.8 Å². The first-order chi connectivity index (χ1) is 10.5. The summed E-state index contributed by atoms with van der Waals surface area (Å²) in [6.07, 6.45) is 0.0372. The molecule has 2 aromatic rings. The van der Waals surface area contributed by atoms with Crippen LogP contribution in [0.2, 0.25) is 0 Å². The molecule has 114 valence electrons. The Kier molecular flexibility index (Phi) is 5.25. The van der Waals surface area contributed by atoms with Gasteiger partial charge in [0.15, 0.2) is 0 Å². The van der Waals surface area contributed by atoms with Gasteiger partial charge < -0.3 is 10.6 Å². The van der Waals surface area contributed by atoms with Gasteiger partial charge in [-0.1, -0.05) is 24.3 Å². The summed E-state index contributed by atoms with van der Waals surface area (Å²) >= 11 is 0. The van der Waals surface area contributed by atoms with E-state index >= 15 is 0 Å². The van der Waals surface area contributed by atoms with Gasteiger partial charge in [-0.3, -0.25) is 9.59 Å². The van der Waals surface area contributed by atoms with Crippen LogP contribution in [0.4, 0.5) is 10.1 Å². The third-order valence-corrected chi connectivity index (χ3v) is 3.00. The van der Waals surface area contributed by atoms with Gasteiger partial charge in [0.1, 0.15) is 5.82 Å². The molecule has 0 bridgehead atoms. The summed E-state index contributed by atoms with van der Waals surface area (Å²) < 4.78 is 13.0. The van der Waals surface area contributed by atoms with Gasteiger partial charge in [0.25, 0.3) is 0 Å². The number of amides is 2. The van der Waals surface area contributed by atoms with Crippen LogP contribution >= 0.6 is 0 Å². The summed E-state index contributed by atoms with van der Waals surface area (Å²) in [7, 11) is 0. The third-order valence-electron chi connectivity index (χ3n) is 3.00. The highest BCUT2D eigenvalue weighted by atomic mass is 19.1. The lowest BCUT2D eigenvalue weighted by atomic mass is 10.1. The normalized spacial score (nSPS) is 10.1. The molecule has 0 fully saturated rings. The number of hydrogen-bond acceptors (Lipinski definition) is 2. The van der Waals surface area contributed by atoms with Gasteiger partial charge in [0, 0.05) is 5.69 Å². The molecule has 0 heterocycles. The van der Waals surface area contributed by atoms with Crippen LogP contribution in [-0.2, 0) is 16.0 Å². The first kappa shape index (κ1) is 15.7. The second-order valence-electron chi connectivity index (χ2n) is 5.00. The highest BCUT2D eigenvalue weighted by molar-refractivity contribution is 5.94. The van der Waals surface area contributed by atoms with Gasteiger partial charge in [-0.15, -0.1) is 0 Å². The molecule has 5 heteroatoms. The summed E-state index contributed by atoms with van der Waals surface area (Å²) in [6, 6.07) is 13.2. The van der Waals surface area contributed by atoms with E-state index in [0.29, 0.717) is 11.3 Å². The van der Waals surface area contributed by atoms with Crippen LogP contribution in [-0.4, -0.2) is 18.4 Å². The van der Waals surface area contributed by atoms with Crippen molar-refractivity contribution in [3.63, 3.8) is 0 Å². The number of hydrogen-bond donors (Lipinski definition) is 2. The standard InChI is InChI=1S/C17H17FN2O2/c1-12-4-2-7-15(8-12)20-17(22)11-19-16(21)10-13-5-3-6-14(18)9-13/h2-9H,10-11H2,1H3,(H,19,21)(H,20,22). The van der Waals surface area contributed by atoms with Crippen LogP contribution in [0.25, 0.3) is 0 Å². The third kappa shape index (κ3) is 5.01.